The summed E-state index contributed by atoms with van der Waals surface area (Å²) in [4.78, 5) is 23.8. The van der Waals surface area contributed by atoms with Gasteiger partial charge in [-0.25, -0.2) is 0 Å². The first kappa shape index (κ1) is 15.6. The number of carbonyl (C=O) groups excluding carboxylic acids is 1. The number of nitroso groups, excluding NO2 is 1. The zero-order valence-corrected chi connectivity index (χ0v) is 12.8. The fraction of sp³-hybridized carbons (Fsp3) is 0.167. The Bertz CT molecular complexity index is 738. The van der Waals surface area contributed by atoms with Crippen LogP contribution in [0.1, 0.15) is 32.6 Å². The zero-order chi connectivity index (χ0) is 16.3. The minimum absolute atomic E-state index is 0.382. The number of aliphatic hydroxyl groups excluding tert-OH is 1. The highest BCUT2D eigenvalue weighted by Gasteiger charge is 2.22. The van der Waals surface area contributed by atoms with Crippen LogP contribution in [0.15, 0.2) is 53.3 Å². The third kappa shape index (κ3) is 2.96. The van der Waals surface area contributed by atoms with Gasteiger partial charge in [0.05, 0.1) is 0 Å². The molecule has 22 heavy (non-hydrogen) atoms. The van der Waals surface area contributed by atoms with Crippen molar-refractivity contribution >= 4 is 11.5 Å². The maximum absolute atomic E-state index is 12.6. The molecule has 0 spiro atoms. The number of allylic oxidation sites excluding steroid dienone is 1. The summed E-state index contributed by atoms with van der Waals surface area (Å²) in [6.07, 6.45) is 0. The van der Waals surface area contributed by atoms with E-state index < -0.39 is 17.2 Å². The maximum atomic E-state index is 12.6. The average molecular weight is 295 g/mol. The summed E-state index contributed by atoms with van der Waals surface area (Å²) >= 11 is 0. The lowest BCUT2D eigenvalue weighted by molar-refractivity contribution is 0.103. The molecule has 0 aliphatic rings. The number of aliphatic hydroxyl groups is 1. The van der Waals surface area contributed by atoms with Gasteiger partial charge in [0.25, 0.3) is 0 Å². The summed E-state index contributed by atoms with van der Waals surface area (Å²) in [6, 6.07) is 12.2. The van der Waals surface area contributed by atoms with Crippen LogP contribution in [0, 0.1) is 25.7 Å². The number of hydrogen-bond donors (Lipinski definition) is 1. The van der Waals surface area contributed by atoms with Gasteiger partial charge in [-0.1, -0.05) is 48.0 Å². The molecule has 0 aromatic heterocycles. The predicted molar refractivity (Wildman–Crippen MR) is 86.8 cm³/mol. The molecule has 0 aliphatic carbocycles. The standard InChI is InChI=1S/C18H17NO3/c1-11-9-12(2)15(13(3)10-11)18(21)16(19-22)17(20)14-7-5-4-6-8-14/h4-10,20H,1-3H3/b17-16+. The van der Waals surface area contributed by atoms with Gasteiger partial charge in [-0.2, -0.15) is 0 Å². The lowest BCUT2D eigenvalue weighted by atomic mass is 9.94. The number of hydrogen-bond acceptors (Lipinski definition) is 4. The molecule has 2 aromatic carbocycles. The minimum Gasteiger partial charge on any atom is -0.505 e. The van der Waals surface area contributed by atoms with Gasteiger partial charge in [-0.15, -0.1) is 4.91 Å². The van der Waals surface area contributed by atoms with Gasteiger partial charge in [0.1, 0.15) is 0 Å². The second kappa shape index (κ2) is 6.35. The zero-order valence-electron chi connectivity index (χ0n) is 12.8. The molecule has 1 N–H and O–H groups in total. The molecule has 0 radical (unpaired) electrons. The molecule has 0 atom stereocenters. The molecule has 4 nitrogen and oxygen atoms in total. The Balaban J connectivity index is 2.58. The van der Waals surface area contributed by atoms with E-state index in [-0.39, 0.29) is 0 Å². The summed E-state index contributed by atoms with van der Waals surface area (Å²) in [5.74, 6) is -0.966. The molecule has 0 unspecified atom stereocenters. The summed E-state index contributed by atoms with van der Waals surface area (Å²) in [5, 5.41) is 13.0. The van der Waals surface area contributed by atoms with Crippen molar-refractivity contribution in [3.05, 3.63) is 80.9 Å². The molecular weight excluding hydrogens is 278 g/mol. The van der Waals surface area contributed by atoms with Crippen LogP contribution in [0.3, 0.4) is 0 Å². The van der Waals surface area contributed by atoms with E-state index in [4.69, 9.17) is 0 Å². The lowest BCUT2D eigenvalue weighted by Gasteiger charge is -2.10. The number of rotatable bonds is 4. The van der Waals surface area contributed by atoms with Crippen LogP contribution in [0.4, 0.5) is 0 Å². The minimum atomic E-state index is -0.564. The maximum Gasteiger partial charge on any atom is 0.219 e. The first-order valence-corrected chi connectivity index (χ1v) is 6.90. The fourth-order valence-electron chi connectivity index (χ4n) is 2.58. The van der Waals surface area contributed by atoms with Crippen molar-refractivity contribution in [3.63, 3.8) is 0 Å². The van der Waals surface area contributed by atoms with Crippen molar-refractivity contribution in [2.24, 2.45) is 5.18 Å². The van der Waals surface area contributed by atoms with E-state index in [9.17, 15) is 14.8 Å². The second-order valence-corrected chi connectivity index (χ2v) is 5.26. The van der Waals surface area contributed by atoms with Gasteiger partial charge in [0.2, 0.25) is 5.78 Å². The first-order valence-electron chi connectivity index (χ1n) is 6.90. The molecule has 0 amide bonds. The molecule has 0 heterocycles. The Morgan fingerprint density at radius 1 is 1.00 bits per heavy atom. The normalized spacial score (nSPS) is 11.8. The van der Waals surface area contributed by atoms with E-state index in [1.807, 2.05) is 19.1 Å². The highest BCUT2D eigenvalue weighted by Crippen LogP contribution is 2.24. The van der Waals surface area contributed by atoms with Gasteiger partial charge in [0.15, 0.2) is 11.5 Å². The van der Waals surface area contributed by atoms with Crippen molar-refractivity contribution in [3.8, 4) is 0 Å². The average Bonchev–Trinajstić information content (AvgIpc) is 2.47. The third-order valence-corrected chi connectivity index (χ3v) is 3.48. The topological polar surface area (TPSA) is 66.7 Å². The highest BCUT2D eigenvalue weighted by molar-refractivity contribution is 6.13. The number of aryl methyl sites for hydroxylation is 3. The molecule has 0 saturated heterocycles. The van der Waals surface area contributed by atoms with Crippen molar-refractivity contribution in [2.45, 2.75) is 20.8 Å². The van der Waals surface area contributed by atoms with Crippen LogP contribution in [0.5, 0.6) is 0 Å². The third-order valence-electron chi connectivity index (χ3n) is 3.48. The largest absolute Gasteiger partial charge is 0.505 e. The van der Waals surface area contributed by atoms with E-state index in [0.29, 0.717) is 11.1 Å². The van der Waals surface area contributed by atoms with E-state index in [1.165, 1.54) is 0 Å². The van der Waals surface area contributed by atoms with Gasteiger partial charge in [0, 0.05) is 11.1 Å². The molecule has 2 rings (SSSR count). The molecule has 2 aromatic rings. The van der Waals surface area contributed by atoms with Gasteiger partial charge in [-0.3, -0.25) is 4.79 Å². The van der Waals surface area contributed by atoms with Gasteiger partial charge >= 0.3 is 0 Å². The van der Waals surface area contributed by atoms with Crippen LogP contribution in [0.2, 0.25) is 0 Å². The molecule has 0 saturated carbocycles. The van der Waals surface area contributed by atoms with E-state index in [2.05, 4.69) is 5.18 Å². The van der Waals surface area contributed by atoms with Gasteiger partial charge in [-0.05, 0) is 37.1 Å². The highest BCUT2D eigenvalue weighted by atomic mass is 16.3. The lowest BCUT2D eigenvalue weighted by Crippen LogP contribution is -2.09. The van der Waals surface area contributed by atoms with Crippen LogP contribution in [-0.4, -0.2) is 10.9 Å². The summed E-state index contributed by atoms with van der Waals surface area (Å²) in [7, 11) is 0. The fourth-order valence-corrected chi connectivity index (χ4v) is 2.58. The van der Waals surface area contributed by atoms with Crippen molar-refractivity contribution in [1.29, 1.82) is 0 Å². The molecule has 4 heteroatoms. The Morgan fingerprint density at radius 3 is 2.05 bits per heavy atom. The molecule has 0 fully saturated rings. The Kier molecular flexibility index (Phi) is 4.51. The van der Waals surface area contributed by atoms with Crippen LogP contribution >= 0.6 is 0 Å². The van der Waals surface area contributed by atoms with Crippen LogP contribution < -0.4 is 0 Å². The Hall–Kier alpha value is -2.75. The Labute approximate surface area is 129 Å². The summed E-state index contributed by atoms with van der Waals surface area (Å²) in [5.41, 5.74) is 2.86. The molecule has 0 bridgehead atoms. The monoisotopic (exact) mass is 295 g/mol. The predicted octanol–water partition coefficient (Wildman–Crippen LogP) is 4.49. The number of nitrogens with zero attached hydrogens (tertiary/aromatic N) is 1. The summed E-state index contributed by atoms with van der Waals surface area (Å²) in [6.45, 7) is 5.54. The van der Waals surface area contributed by atoms with Crippen molar-refractivity contribution < 1.29 is 9.90 Å². The van der Waals surface area contributed by atoms with Crippen LogP contribution in [0.25, 0.3) is 5.76 Å². The number of ketones is 1. The van der Waals surface area contributed by atoms with E-state index >= 15 is 0 Å². The first-order chi connectivity index (χ1) is 10.5. The van der Waals surface area contributed by atoms with E-state index in [0.717, 1.165) is 16.7 Å². The number of carbonyl (C=O) groups is 1. The van der Waals surface area contributed by atoms with Crippen LogP contribution in [-0.2, 0) is 0 Å². The Morgan fingerprint density at radius 2 is 1.55 bits per heavy atom. The molecule has 112 valence electrons. The molecule has 0 aliphatic heterocycles. The second-order valence-electron chi connectivity index (χ2n) is 5.26. The number of Topliss-reactive ketones (excluding diaryl/α,β-unsaturated/α-hetero) is 1. The van der Waals surface area contributed by atoms with Crippen molar-refractivity contribution in [2.75, 3.05) is 0 Å². The van der Waals surface area contributed by atoms with E-state index in [1.54, 1.807) is 44.2 Å². The number of benzene rings is 2. The quantitative estimate of drug-likeness (QED) is 0.391. The SMILES string of the molecule is Cc1cc(C)c(C(=O)/C(N=O)=C(\O)c2ccccc2)c(C)c1. The molecular formula is C18H17NO3. The van der Waals surface area contributed by atoms with Gasteiger partial charge < -0.3 is 5.11 Å². The van der Waals surface area contributed by atoms with Crippen molar-refractivity contribution in [1.82, 2.24) is 0 Å². The summed E-state index contributed by atoms with van der Waals surface area (Å²) < 4.78 is 0. The smallest absolute Gasteiger partial charge is 0.219 e.